The number of rotatable bonds is 2. The lowest BCUT2D eigenvalue weighted by molar-refractivity contribution is 0.121. The first kappa shape index (κ1) is 8.48. The first-order valence-corrected chi connectivity index (χ1v) is 4.81. The van der Waals surface area contributed by atoms with E-state index < -0.39 is 0 Å². The smallest absolute Gasteiger partial charge is 0.0558 e. The normalized spacial score (nSPS) is 36.8. The monoisotopic (exact) mass is 171 g/mol. The van der Waals surface area contributed by atoms with Gasteiger partial charge in [0.25, 0.3) is 0 Å². The molecule has 1 N–H and O–H groups in total. The van der Waals surface area contributed by atoms with Crippen LogP contribution in [0.1, 0.15) is 6.42 Å². The number of likely N-dealkylation sites (tertiary alicyclic amines) is 1. The molecule has 12 heavy (non-hydrogen) atoms. The zero-order chi connectivity index (χ0) is 8.39. The van der Waals surface area contributed by atoms with Gasteiger partial charge in [0, 0.05) is 25.6 Å². The maximum atomic E-state index is 8.79. The lowest BCUT2D eigenvalue weighted by atomic mass is 9.89. The van der Waals surface area contributed by atoms with Crippen LogP contribution >= 0.6 is 0 Å². The largest absolute Gasteiger partial charge is 0.395 e. The maximum absolute atomic E-state index is 8.79. The highest BCUT2D eigenvalue weighted by Crippen LogP contribution is 2.28. The van der Waals surface area contributed by atoms with Gasteiger partial charge < -0.3 is 14.7 Å². The van der Waals surface area contributed by atoms with Gasteiger partial charge in [-0.05, 0) is 18.9 Å². The van der Waals surface area contributed by atoms with Gasteiger partial charge in [0.2, 0.25) is 0 Å². The number of nitrogens with zero attached hydrogens (tertiary/aromatic N) is 1. The minimum absolute atomic E-state index is 0.290. The first-order chi connectivity index (χ1) is 5.90. The zero-order valence-corrected chi connectivity index (χ0v) is 7.41. The second kappa shape index (κ2) is 3.73. The molecular formula is C9H17NO2. The molecule has 0 aromatic carbocycles. The summed E-state index contributed by atoms with van der Waals surface area (Å²) >= 11 is 0. The molecule has 2 saturated heterocycles. The fourth-order valence-corrected chi connectivity index (χ4v) is 2.28. The minimum Gasteiger partial charge on any atom is -0.395 e. The van der Waals surface area contributed by atoms with Gasteiger partial charge >= 0.3 is 0 Å². The van der Waals surface area contributed by atoms with Crippen molar-refractivity contribution in [2.24, 2.45) is 11.8 Å². The van der Waals surface area contributed by atoms with Crippen molar-refractivity contribution in [3.8, 4) is 0 Å². The van der Waals surface area contributed by atoms with Gasteiger partial charge in [-0.2, -0.15) is 0 Å². The molecule has 0 spiro atoms. The van der Waals surface area contributed by atoms with Gasteiger partial charge in [-0.3, -0.25) is 0 Å². The highest BCUT2D eigenvalue weighted by molar-refractivity contribution is 4.83. The van der Waals surface area contributed by atoms with Crippen LogP contribution in [0.25, 0.3) is 0 Å². The summed E-state index contributed by atoms with van der Waals surface area (Å²) in [5, 5.41) is 8.79. The molecule has 0 bridgehead atoms. The summed E-state index contributed by atoms with van der Waals surface area (Å²) in [5.74, 6) is 1.55. The van der Waals surface area contributed by atoms with Gasteiger partial charge in [-0.25, -0.2) is 0 Å². The molecule has 0 saturated carbocycles. The number of aliphatic hydroxyl groups is 1. The summed E-state index contributed by atoms with van der Waals surface area (Å²) in [6, 6.07) is 0. The Bertz CT molecular complexity index is 151. The van der Waals surface area contributed by atoms with Crippen LogP contribution in [0.2, 0.25) is 0 Å². The predicted molar refractivity (Wildman–Crippen MR) is 45.9 cm³/mol. The molecule has 0 aromatic rings. The Labute approximate surface area is 73.3 Å². The maximum Gasteiger partial charge on any atom is 0.0558 e. The average molecular weight is 171 g/mol. The van der Waals surface area contributed by atoms with Crippen molar-refractivity contribution >= 4 is 0 Å². The van der Waals surface area contributed by atoms with Gasteiger partial charge in [0.05, 0.1) is 13.2 Å². The van der Waals surface area contributed by atoms with Crippen molar-refractivity contribution in [2.75, 3.05) is 39.5 Å². The van der Waals surface area contributed by atoms with Gasteiger partial charge in [-0.1, -0.05) is 0 Å². The van der Waals surface area contributed by atoms with E-state index in [4.69, 9.17) is 9.84 Å². The molecule has 2 heterocycles. The van der Waals surface area contributed by atoms with E-state index in [9.17, 15) is 0 Å². The fourth-order valence-electron chi connectivity index (χ4n) is 2.28. The minimum atomic E-state index is 0.290. The topological polar surface area (TPSA) is 32.7 Å². The first-order valence-electron chi connectivity index (χ1n) is 4.81. The number of hydrogen-bond donors (Lipinski definition) is 1. The average Bonchev–Trinajstić information content (AvgIpc) is 2.51. The molecule has 2 aliphatic heterocycles. The molecule has 70 valence electrons. The third kappa shape index (κ3) is 1.63. The number of fused-ring (bicyclic) bond motifs is 1. The third-order valence-electron chi connectivity index (χ3n) is 3.06. The van der Waals surface area contributed by atoms with Gasteiger partial charge in [0.15, 0.2) is 0 Å². The molecule has 0 radical (unpaired) electrons. The van der Waals surface area contributed by atoms with E-state index in [1.807, 2.05) is 0 Å². The van der Waals surface area contributed by atoms with Crippen LogP contribution in [0.5, 0.6) is 0 Å². The number of aliphatic hydroxyl groups excluding tert-OH is 1. The lowest BCUT2D eigenvalue weighted by Gasteiger charge is -2.33. The predicted octanol–water partition coefficient (Wildman–Crippen LogP) is -0.0530. The Morgan fingerprint density at radius 2 is 2.17 bits per heavy atom. The van der Waals surface area contributed by atoms with Crippen LogP contribution in [0.15, 0.2) is 0 Å². The number of β-amino-alcohol motifs (C(OH)–C–C–N with tert-alkyl or cyclic N) is 1. The molecule has 3 nitrogen and oxygen atoms in total. The Morgan fingerprint density at radius 3 is 3.00 bits per heavy atom. The third-order valence-corrected chi connectivity index (χ3v) is 3.06. The summed E-state index contributed by atoms with van der Waals surface area (Å²) in [7, 11) is 0. The van der Waals surface area contributed by atoms with Crippen molar-refractivity contribution in [3.05, 3.63) is 0 Å². The van der Waals surface area contributed by atoms with Crippen molar-refractivity contribution in [3.63, 3.8) is 0 Å². The Morgan fingerprint density at radius 1 is 1.33 bits per heavy atom. The molecule has 0 aromatic heterocycles. The Balaban J connectivity index is 1.84. The molecule has 2 fully saturated rings. The molecule has 3 heteroatoms. The summed E-state index contributed by atoms with van der Waals surface area (Å²) in [6.45, 7) is 5.31. The van der Waals surface area contributed by atoms with E-state index in [0.717, 1.165) is 44.7 Å². The molecule has 0 aliphatic carbocycles. The van der Waals surface area contributed by atoms with Gasteiger partial charge in [0.1, 0.15) is 0 Å². The molecule has 2 aliphatic rings. The second-order valence-electron chi connectivity index (χ2n) is 3.87. The highest BCUT2D eigenvalue weighted by Gasteiger charge is 2.33. The molecule has 0 unspecified atom stereocenters. The van der Waals surface area contributed by atoms with Crippen molar-refractivity contribution < 1.29 is 9.84 Å². The van der Waals surface area contributed by atoms with Crippen LogP contribution in [0, 0.1) is 11.8 Å². The summed E-state index contributed by atoms with van der Waals surface area (Å²) in [4.78, 5) is 2.34. The van der Waals surface area contributed by atoms with Crippen molar-refractivity contribution in [1.82, 2.24) is 4.90 Å². The van der Waals surface area contributed by atoms with E-state index in [1.165, 1.54) is 6.42 Å². The van der Waals surface area contributed by atoms with Crippen LogP contribution < -0.4 is 0 Å². The van der Waals surface area contributed by atoms with Crippen LogP contribution in [-0.4, -0.2) is 49.5 Å². The standard InChI is InChI=1S/C9H17NO2/c11-4-3-10-2-1-8-6-12-7-9(8)5-10/h8-9,11H,1-7H2/t8-,9-/m0/s1. The molecule has 0 amide bonds. The summed E-state index contributed by atoms with van der Waals surface area (Å²) in [6.07, 6.45) is 1.25. The Hall–Kier alpha value is -0.120. The lowest BCUT2D eigenvalue weighted by Crippen LogP contribution is -2.41. The van der Waals surface area contributed by atoms with Crippen LogP contribution in [-0.2, 0) is 4.74 Å². The summed E-state index contributed by atoms with van der Waals surface area (Å²) in [5.41, 5.74) is 0. The van der Waals surface area contributed by atoms with E-state index in [1.54, 1.807) is 0 Å². The molecule has 2 atom stereocenters. The number of ether oxygens (including phenoxy) is 1. The fraction of sp³-hybridized carbons (Fsp3) is 1.00. The highest BCUT2D eigenvalue weighted by atomic mass is 16.5. The summed E-state index contributed by atoms with van der Waals surface area (Å²) < 4.78 is 5.43. The second-order valence-corrected chi connectivity index (χ2v) is 3.87. The SMILES string of the molecule is OCCN1CC[C@H]2COC[C@@H]2C1. The van der Waals surface area contributed by atoms with E-state index in [0.29, 0.717) is 0 Å². The molecular weight excluding hydrogens is 154 g/mol. The quantitative estimate of drug-likeness (QED) is 0.632. The van der Waals surface area contributed by atoms with Gasteiger partial charge in [-0.15, -0.1) is 0 Å². The van der Waals surface area contributed by atoms with Crippen LogP contribution in [0.3, 0.4) is 0 Å². The van der Waals surface area contributed by atoms with Crippen molar-refractivity contribution in [1.29, 1.82) is 0 Å². The van der Waals surface area contributed by atoms with Crippen molar-refractivity contribution in [2.45, 2.75) is 6.42 Å². The molecule has 2 rings (SSSR count). The van der Waals surface area contributed by atoms with E-state index in [2.05, 4.69) is 4.90 Å². The number of piperidine rings is 1. The van der Waals surface area contributed by atoms with E-state index >= 15 is 0 Å². The number of hydrogen-bond acceptors (Lipinski definition) is 3. The Kier molecular flexibility index (Phi) is 2.63. The zero-order valence-electron chi connectivity index (χ0n) is 7.41. The van der Waals surface area contributed by atoms with Crippen LogP contribution in [0.4, 0.5) is 0 Å². The van der Waals surface area contributed by atoms with E-state index in [-0.39, 0.29) is 6.61 Å².